The van der Waals surface area contributed by atoms with Crippen molar-refractivity contribution in [3.63, 3.8) is 0 Å². The van der Waals surface area contributed by atoms with Crippen molar-refractivity contribution in [2.24, 2.45) is 0 Å². The summed E-state index contributed by atoms with van der Waals surface area (Å²) in [6.07, 6.45) is 0.821. The van der Waals surface area contributed by atoms with Crippen molar-refractivity contribution in [3.8, 4) is 0 Å². The summed E-state index contributed by atoms with van der Waals surface area (Å²) >= 11 is 18.8. The second-order valence-electron chi connectivity index (χ2n) is 3.65. The van der Waals surface area contributed by atoms with Crippen molar-refractivity contribution in [2.45, 2.75) is 11.8 Å². The van der Waals surface area contributed by atoms with Crippen molar-refractivity contribution in [3.05, 3.63) is 0 Å². The van der Waals surface area contributed by atoms with Crippen LogP contribution in [0.5, 0.6) is 0 Å². The molecule has 2 unspecified atom stereocenters. The second kappa shape index (κ2) is 9.43. The first kappa shape index (κ1) is 17.5. The fourth-order valence-electron chi connectivity index (χ4n) is 1.61. The molecule has 0 aromatic carbocycles. The van der Waals surface area contributed by atoms with Gasteiger partial charge in [0.25, 0.3) is 8.02 Å². The third-order valence-electron chi connectivity index (χ3n) is 2.41. The zero-order chi connectivity index (χ0) is 13.4. The van der Waals surface area contributed by atoms with Gasteiger partial charge in [-0.2, -0.15) is 0 Å². The lowest BCUT2D eigenvalue weighted by Gasteiger charge is -2.42. The Kier molecular flexibility index (Phi) is 9.19. The molecule has 1 aliphatic rings. The van der Waals surface area contributed by atoms with E-state index in [1.807, 2.05) is 0 Å². The highest BCUT2D eigenvalue weighted by atomic mass is 35.5. The summed E-state index contributed by atoms with van der Waals surface area (Å²) in [5, 5.41) is 3.19. The summed E-state index contributed by atoms with van der Waals surface area (Å²) in [6.45, 7) is 1.46. The first-order chi connectivity index (χ1) is 8.66. The van der Waals surface area contributed by atoms with Gasteiger partial charge in [0.2, 0.25) is 0 Å². The molecule has 0 amide bonds. The minimum atomic E-state index is -3.00. The highest BCUT2D eigenvalue weighted by molar-refractivity contribution is 8.00. The van der Waals surface area contributed by atoms with Gasteiger partial charge < -0.3 is 4.89 Å². The largest absolute Gasteiger partial charge is 0.626 e. The Morgan fingerprint density at radius 2 is 1.94 bits per heavy atom. The van der Waals surface area contributed by atoms with E-state index < -0.39 is 8.02 Å². The van der Waals surface area contributed by atoms with Crippen LogP contribution in [0, 0.1) is 0 Å². The Balaban J connectivity index is 2.57. The van der Waals surface area contributed by atoms with Gasteiger partial charge in [0.05, 0.1) is 25.1 Å². The van der Waals surface area contributed by atoms with E-state index in [1.54, 1.807) is 16.4 Å². The zero-order valence-corrected chi connectivity index (χ0v) is 14.0. The van der Waals surface area contributed by atoms with Crippen LogP contribution >= 0.6 is 54.6 Å². The molecule has 2 atom stereocenters. The van der Waals surface area contributed by atoms with Crippen LogP contribution in [0.4, 0.5) is 0 Å². The van der Waals surface area contributed by atoms with Gasteiger partial charge in [0.1, 0.15) is 0 Å². The van der Waals surface area contributed by atoms with Crippen LogP contribution in [-0.2, 0) is 4.52 Å². The maximum atomic E-state index is 12.7. The van der Waals surface area contributed by atoms with Crippen molar-refractivity contribution < 1.29 is 9.42 Å². The summed E-state index contributed by atoms with van der Waals surface area (Å²) in [6, 6.07) is 0. The molecule has 0 aliphatic carbocycles. The maximum absolute atomic E-state index is 12.7. The van der Waals surface area contributed by atoms with E-state index in [0.29, 0.717) is 37.3 Å². The molecule has 0 aromatic heterocycles. The molecule has 18 heavy (non-hydrogen) atoms. The molecule has 4 nitrogen and oxygen atoms in total. The molecule has 1 saturated heterocycles. The lowest BCUT2D eigenvalue weighted by Crippen LogP contribution is -2.48. The van der Waals surface area contributed by atoms with Gasteiger partial charge >= 0.3 is 0 Å². The van der Waals surface area contributed by atoms with Crippen molar-refractivity contribution >= 4 is 54.6 Å². The predicted octanol–water partition coefficient (Wildman–Crippen LogP) is 2.11. The molecule has 1 aliphatic heterocycles. The van der Waals surface area contributed by atoms with E-state index >= 15 is 0 Å². The fraction of sp³-hybridized carbons (Fsp3) is 1.00. The summed E-state index contributed by atoms with van der Waals surface area (Å²) in [5.74, 6) is 2.20. The van der Waals surface area contributed by atoms with Gasteiger partial charge in [0.15, 0.2) is 0 Å². The van der Waals surface area contributed by atoms with Crippen LogP contribution in [0.15, 0.2) is 0 Å². The fourth-order valence-corrected chi connectivity index (χ4v) is 5.83. The van der Waals surface area contributed by atoms with Gasteiger partial charge in [-0.3, -0.25) is 0 Å². The summed E-state index contributed by atoms with van der Waals surface area (Å²) < 4.78 is 7.16. The molecule has 0 aromatic rings. The topological polar surface area (TPSA) is 47.6 Å². The van der Waals surface area contributed by atoms with Crippen molar-refractivity contribution in [1.29, 1.82) is 0 Å². The molecule has 9 heteroatoms. The van der Waals surface area contributed by atoms with E-state index in [4.69, 9.17) is 39.3 Å². The van der Waals surface area contributed by atoms with Gasteiger partial charge in [-0.1, -0.05) is 0 Å². The van der Waals surface area contributed by atoms with Crippen LogP contribution < -0.4 is 9.98 Å². The molecule has 0 radical (unpaired) electrons. The van der Waals surface area contributed by atoms with Crippen molar-refractivity contribution in [2.75, 3.05) is 43.1 Å². The number of nitrogens with one attached hydrogen (secondary N) is 1. The first-order valence-electron chi connectivity index (χ1n) is 5.73. The zero-order valence-electron chi connectivity index (χ0n) is 9.99. The molecule has 1 rings (SSSR count). The van der Waals surface area contributed by atoms with E-state index in [9.17, 15) is 4.89 Å². The van der Waals surface area contributed by atoms with E-state index in [2.05, 4.69) is 5.09 Å². The molecule has 1 N–H and O–H groups in total. The predicted molar refractivity (Wildman–Crippen MR) is 80.6 cm³/mol. The van der Waals surface area contributed by atoms with Crippen molar-refractivity contribution in [1.82, 2.24) is 9.76 Å². The standard InChI is InChI=1S/C9H18Cl3N2O2PS/c10-2-5-14(6-3-11)17(15)13-9(1-7-16-17)18-8-4-12/h9H,1-8H2,(H,13,15). The quantitative estimate of drug-likeness (QED) is 0.534. The maximum Gasteiger partial charge on any atom is 0.251 e. The van der Waals surface area contributed by atoms with Gasteiger partial charge in [-0.25, -0.2) is 4.52 Å². The van der Waals surface area contributed by atoms with Crippen LogP contribution in [-0.4, -0.2) is 53.1 Å². The Hall–Kier alpha value is 1.49. The molecule has 0 saturated carbocycles. The van der Waals surface area contributed by atoms with Gasteiger partial charge in [-0.15, -0.1) is 56.3 Å². The smallest absolute Gasteiger partial charge is 0.251 e. The number of thioether (sulfide) groups is 1. The number of rotatable bonds is 8. The number of nitrogens with zero attached hydrogens (tertiary/aromatic N) is 1. The highest BCUT2D eigenvalue weighted by Crippen LogP contribution is 2.54. The van der Waals surface area contributed by atoms with Crippen LogP contribution in [0.3, 0.4) is 0 Å². The minimum absolute atomic E-state index is 0.108. The summed E-state index contributed by atoms with van der Waals surface area (Å²) in [7, 11) is -3.00. The monoisotopic (exact) mass is 354 g/mol. The average Bonchev–Trinajstić information content (AvgIpc) is 2.36. The molecule has 108 valence electrons. The Morgan fingerprint density at radius 3 is 2.50 bits per heavy atom. The normalized spacial score (nSPS) is 28.8. The number of alkyl halides is 3. The highest BCUT2D eigenvalue weighted by Gasteiger charge is 2.42. The number of hydrogen-bond donors (Lipinski definition) is 1. The average molecular weight is 356 g/mol. The van der Waals surface area contributed by atoms with E-state index in [-0.39, 0.29) is 5.37 Å². The minimum Gasteiger partial charge on any atom is -0.626 e. The summed E-state index contributed by atoms with van der Waals surface area (Å²) in [4.78, 5) is 12.7. The molecular formula is C9H18Cl3N2O2PS. The third-order valence-corrected chi connectivity index (χ3v) is 6.84. The number of halogens is 3. The van der Waals surface area contributed by atoms with Crippen LogP contribution in [0.1, 0.15) is 6.42 Å². The molecular weight excluding hydrogens is 338 g/mol. The van der Waals surface area contributed by atoms with E-state index in [0.717, 1.165) is 12.2 Å². The third kappa shape index (κ3) is 5.47. The van der Waals surface area contributed by atoms with E-state index in [1.165, 1.54) is 0 Å². The Labute approximate surface area is 128 Å². The Morgan fingerprint density at radius 1 is 1.28 bits per heavy atom. The molecule has 1 heterocycles. The molecule has 0 spiro atoms. The first-order valence-corrected chi connectivity index (χ1v) is 9.96. The second-order valence-corrected chi connectivity index (χ2v) is 8.22. The lowest BCUT2D eigenvalue weighted by molar-refractivity contribution is -0.213. The lowest BCUT2D eigenvalue weighted by atomic mass is 10.5. The van der Waals surface area contributed by atoms with Crippen LogP contribution in [0.25, 0.3) is 0 Å². The summed E-state index contributed by atoms with van der Waals surface area (Å²) in [5.41, 5.74) is 0. The molecule has 0 bridgehead atoms. The molecule has 1 fully saturated rings. The van der Waals surface area contributed by atoms with Crippen LogP contribution in [0.2, 0.25) is 0 Å². The SMILES string of the molecule is [O-][P+]1(N(CCCl)CCCl)NC(SCCCl)CCO1. The Bertz CT molecular complexity index is 240. The number of hydrogen-bond acceptors (Lipinski definition) is 5. The van der Waals surface area contributed by atoms with Gasteiger partial charge in [-0.05, 0) is 0 Å². The van der Waals surface area contributed by atoms with Gasteiger partial charge in [0, 0.05) is 29.8 Å².